The molecule has 1 aromatic carbocycles. The van der Waals surface area contributed by atoms with E-state index in [1.165, 1.54) is 0 Å². The second kappa shape index (κ2) is 7.75. The number of anilines is 1. The van der Waals surface area contributed by atoms with Crippen molar-refractivity contribution in [1.29, 1.82) is 0 Å². The Balaban J connectivity index is 1.76. The number of fused-ring (bicyclic) bond motifs is 1. The summed E-state index contributed by atoms with van der Waals surface area (Å²) in [5.74, 6) is 1.43. The fraction of sp³-hybridized carbons (Fsp3) is 0.533. The summed E-state index contributed by atoms with van der Waals surface area (Å²) in [6.45, 7) is 4.94. The molecule has 0 aliphatic carbocycles. The molecule has 0 saturated heterocycles. The molecule has 1 aliphatic heterocycles. The van der Waals surface area contributed by atoms with Gasteiger partial charge in [0.15, 0.2) is 11.5 Å². The van der Waals surface area contributed by atoms with Crippen molar-refractivity contribution in [2.45, 2.75) is 26.2 Å². The van der Waals surface area contributed by atoms with Crippen LogP contribution >= 0.6 is 0 Å². The number of benzene rings is 1. The number of nitrogens with one attached hydrogen (secondary N) is 2. The molecule has 110 valence electrons. The summed E-state index contributed by atoms with van der Waals surface area (Å²) >= 11 is 0. The van der Waals surface area contributed by atoms with Crippen LogP contribution in [-0.2, 0) is 4.79 Å². The lowest BCUT2D eigenvalue weighted by Crippen LogP contribution is -2.22. The van der Waals surface area contributed by atoms with Gasteiger partial charge in [0.2, 0.25) is 5.91 Å². The molecule has 0 atom stereocenters. The number of carbonyl (C=O) groups is 1. The normalized spacial score (nSPS) is 13.1. The van der Waals surface area contributed by atoms with E-state index in [1.54, 1.807) is 6.07 Å². The van der Waals surface area contributed by atoms with Crippen molar-refractivity contribution < 1.29 is 14.3 Å². The lowest BCUT2D eigenvalue weighted by molar-refractivity contribution is -0.116. The predicted molar refractivity (Wildman–Crippen MR) is 78.5 cm³/mol. The number of hydrogen-bond donors (Lipinski definition) is 2. The van der Waals surface area contributed by atoms with Crippen LogP contribution in [0.4, 0.5) is 5.69 Å². The molecule has 0 fully saturated rings. The highest BCUT2D eigenvalue weighted by molar-refractivity contribution is 5.91. The molecule has 0 saturated carbocycles. The minimum atomic E-state index is 0.00526. The summed E-state index contributed by atoms with van der Waals surface area (Å²) in [7, 11) is 0. The molecular weight excluding hydrogens is 256 g/mol. The van der Waals surface area contributed by atoms with Gasteiger partial charge in [-0.2, -0.15) is 0 Å². The first kappa shape index (κ1) is 14.7. The zero-order valence-electron chi connectivity index (χ0n) is 11.9. The second-order valence-electron chi connectivity index (χ2n) is 4.76. The van der Waals surface area contributed by atoms with Crippen LogP contribution in [0.2, 0.25) is 0 Å². The Bertz CT molecular complexity index is 449. The summed E-state index contributed by atoms with van der Waals surface area (Å²) < 4.78 is 10.9. The summed E-state index contributed by atoms with van der Waals surface area (Å²) in [5.41, 5.74) is 0.743. The minimum absolute atomic E-state index is 0.00526. The van der Waals surface area contributed by atoms with Gasteiger partial charge in [-0.1, -0.05) is 13.3 Å². The highest BCUT2D eigenvalue weighted by Gasteiger charge is 2.12. The van der Waals surface area contributed by atoms with Crippen molar-refractivity contribution in [3.63, 3.8) is 0 Å². The highest BCUT2D eigenvalue weighted by Crippen LogP contribution is 2.32. The van der Waals surface area contributed by atoms with Crippen LogP contribution in [0.3, 0.4) is 0 Å². The van der Waals surface area contributed by atoms with E-state index in [1.807, 2.05) is 12.1 Å². The van der Waals surface area contributed by atoms with Gasteiger partial charge in [0.05, 0.1) is 0 Å². The predicted octanol–water partition coefficient (Wildman–Crippen LogP) is 2.18. The molecule has 1 aliphatic rings. The number of rotatable bonds is 7. The lowest BCUT2D eigenvalue weighted by atomic mass is 10.2. The van der Waals surface area contributed by atoms with Crippen molar-refractivity contribution in [3.8, 4) is 11.5 Å². The second-order valence-corrected chi connectivity index (χ2v) is 4.76. The van der Waals surface area contributed by atoms with E-state index in [0.717, 1.165) is 30.8 Å². The SMILES string of the molecule is CCCCNCCC(=O)Nc1ccc2c(c1)OCCO2. The molecule has 1 heterocycles. The molecule has 20 heavy (non-hydrogen) atoms. The molecule has 1 amide bonds. The first-order valence-corrected chi connectivity index (χ1v) is 7.20. The Hall–Kier alpha value is -1.75. The average molecular weight is 278 g/mol. The van der Waals surface area contributed by atoms with E-state index >= 15 is 0 Å². The van der Waals surface area contributed by atoms with Crippen LogP contribution in [0.15, 0.2) is 18.2 Å². The third kappa shape index (κ3) is 4.42. The monoisotopic (exact) mass is 278 g/mol. The van der Waals surface area contributed by atoms with E-state index in [9.17, 15) is 4.79 Å². The minimum Gasteiger partial charge on any atom is -0.486 e. The molecule has 0 radical (unpaired) electrons. The van der Waals surface area contributed by atoms with Crippen molar-refractivity contribution >= 4 is 11.6 Å². The number of hydrogen-bond acceptors (Lipinski definition) is 4. The summed E-state index contributed by atoms with van der Waals surface area (Å²) in [5, 5.41) is 6.12. The standard InChI is InChI=1S/C15H22N2O3/c1-2-3-7-16-8-6-15(18)17-12-4-5-13-14(11-12)20-10-9-19-13/h4-5,11,16H,2-3,6-10H2,1H3,(H,17,18). The Labute approximate surface area is 119 Å². The number of amides is 1. The highest BCUT2D eigenvalue weighted by atomic mass is 16.6. The molecule has 0 spiro atoms. The van der Waals surface area contributed by atoms with Gasteiger partial charge in [-0.05, 0) is 25.1 Å². The van der Waals surface area contributed by atoms with Gasteiger partial charge in [0, 0.05) is 24.7 Å². The molecule has 5 nitrogen and oxygen atoms in total. The quantitative estimate of drug-likeness (QED) is 0.751. The Kier molecular flexibility index (Phi) is 5.68. The van der Waals surface area contributed by atoms with Crippen molar-refractivity contribution in [3.05, 3.63) is 18.2 Å². The molecule has 5 heteroatoms. The fourth-order valence-corrected chi connectivity index (χ4v) is 1.97. The third-order valence-electron chi connectivity index (χ3n) is 3.06. The Morgan fingerprint density at radius 1 is 1.20 bits per heavy atom. The van der Waals surface area contributed by atoms with Gasteiger partial charge in [0.25, 0.3) is 0 Å². The molecular formula is C15H22N2O3. The molecule has 0 bridgehead atoms. The Morgan fingerprint density at radius 2 is 2.00 bits per heavy atom. The van der Waals surface area contributed by atoms with Gasteiger partial charge < -0.3 is 20.1 Å². The van der Waals surface area contributed by atoms with Crippen molar-refractivity contribution in [2.75, 3.05) is 31.6 Å². The van der Waals surface area contributed by atoms with Gasteiger partial charge in [-0.25, -0.2) is 0 Å². The third-order valence-corrected chi connectivity index (χ3v) is 3.06. The number of ether oxygens (including phenoxy) is 2. The number of carbonyl (C=O) groups excluding carboxylic acids is 1. The molecule has 2 rings (SSSR count). The maximum atomic E-state index is 11.8. The van der Waals surface area contributed by atoms with E-state index in [-0.39, 0.29) is 5.91 Å². The lowest BCUT2D eigenvalue weighted by Gasteiger charge is -2.19. The van der Waals surface area contributed by atoms with E-state index in [2.05, 4.69) is 17.6 Å². The molecule has 1 aromatic rings. The fourth-order valence-electron chi connectivity index (χ4n) is 1.97. The van der Waals surface area contributed by atoms with Crippen LogP contribution in [0.25, 0.3) is 0 Å². The van der Waals surface area contributed by atoms with Gasteiger partial charge in [-0.15, -0.1) is 0 Å². The Morgan fingerprint density at radius 3 is 2.80 bits per heavy atom. The molecule has 2 N–H and O–H groups in total. The van der Waals surface area contributed by atoms with Crippen LogP contribution in [0.1, 0.15) is 26.2 Å². The van der Waals surface area contributed by atoms with Crippen LogP contribution in [0, 0.1) is 0 Å². The summed E-state index contributed by atoms with van der Waals surface area (Å²) in [6, 6.07) is 5.45. The topological polar surface area (TPSA) is 59.6 Å². The zero-order valence-corrected chi connectivity index (χ0v) is 11.9. The maximum absolute atomic E-state index is 11.8. The molecule has 0 unspecified atom stereocenters. The first-order valence-electron chi connectivity index (χ1n) is 7.20. The summed E-state index contributed by atoms with van der Waals surface area (Å²) in [6.07, 6.45) is 2.78. The zero-order chi connectivity index (χ0) is 14.2. The average Bonchev–Trinajstić information content (AvgIpc) is 2.47. The smallest absolute Gasteiger partial charge is 0.225 e. The van der Waals surface area contributed by atoms with E-state index < -0.39 is 0 Å². The van der Waals surface area contributed by atoms with Crippen LogP contribution in [-0.4, -0.2) is 32.2 Å². The van der Waals surface area contributed by atoms with Crippen molar-refractivity contribution in [1.82, 2.24) is 5.32 Å². The van der Waals surface area contributed by atoms with Gasteiger partial charge >= 0.3 is 0 Å². The van der Waals surface area contributed by atoms with Crippen LogP contribution < -0.4 is 20.1 Å². The summed E-state index contributed by atoms with van der Waals surface area (Å²) in [4.78, 5) is 11.8. The van der Waals surface area contributed by atoms with Gasteiger partial charge in [0.1, 0.15) is 13.2 Å². The van der Waals surface area contributed by atoms with E-state index in [0.29, 0.717) is 31.9 Å². The first-order chi connectivity index (χ1) is 9.79. The number of unbranched alkanes of at least 4 members (excludes halogenated alkanes) is 1. The largest absolute Gasteiger partial charge is 0.486 e. The van der Waals surface area contributed by atoms with Gasteiger partial charge in [-0.3, -0.25) is 4.79 Å². The molecule has 0 aromatic heterocycles. The maximum Gasteiger partial charge on any atom is 0.225 e. The van der Waals surface area contributed by atoms with Crippen LogP contribution in [0.5, 0.6) is 11.5 Å². The van der Waals surface area contributed by atoms with E-state index in [4.69, 9.17) is 9.47 Å². The van der Waals surface area contributed by atoms with Crippen molar-refractivity contribution in [2.24, 2.45) is 0 Å².